The molecular formula is C14H25N5. The molecule has 1 saturated carbocycles. The average Bonchev–Trinajstić information content (AvgIpc) is 2.98. The van der Waals surface area contributed by atoms with Crippen LogP contribution in [0.25, 0.3) is 0 Å². The second-order valence-electron chi connectivity index (χ2n) is 5.63. The van der Waals surface area contributed by atoms with Crippen LogP contribution in [0.15, 0.2) is 17.3 Å². The molecule has 1 aromatic rings. The average molecular weight is 263 g/mol. The Kier molecular flexibility index (Phi) is 4.45. The third-order valence-corrected chi connectivity index (χ3v) is 3.54. The van der Waals surface area contributed by atoms with Gasteiger partial charge in [-0.2, -0.15) is 5.10 Å². The largest absolute Gasteiger partial charge is 0.349 e. The lowest BCUT2D eigenvalue weighted by molar-refractivity contribution is 0.461. The molecule has 0 unspecified atom stereocenters. The molecule has 1 heterocycles. The summed E-state index contributed by atoms with van der Waals surface area (Å²) in [5.74, 6) is 0.968. The Morgan fingerprint density at radius 3 is 2.47 bits per heavy atom. The SMILES string of the molecule is CN(C)C(=NCc1ccn(C2CCCC2)n1)N(C)C. The summed E-state index contributed by atoms with van der Waals surface area (Å²) in [5.41, 5.74) is 1.05. The van der Waals surface area contributed by atoms with Gasteiger partial charge in [0.15, 0.2) is 5.96 Å². The van der Waals surface area contributed by atoms with E-state index in [9.17, 15) is 0 Å². The summed E-state index contributed by atoms with van der Waals surface area (Å²) in [6.45, 7) is 0.644. The lowest BCUT2D eigenvalue weighted by Gasteiger charge is -2.22. The molecule has 0 saturated heterocycles. The van der Waals surface area contributed by atoms with Crippen LogP contribution in [0, 0.1) is 0 Å². The van der Waals surface area contributed by atoms with E-state index in [1.807, 2.05) is 38.0 Å². The van der Waals surface area contributed by atoms with E-state index in [2.05, 4.69) is 27.0 Å². The molecule has 1 aliphatic carbocycles. The van der Waals surface area contributed by atoms with Crippen LogP contribution in [-0.4, -0.2) is 53.7 Å². The minimum atomic E-state index is 0.611. The number of aliphatic imine (C=N–C) groups is 1. The zero-order valence-corrected chi connectivity index (χ0v) is 12.5. The predicted octanol–water partition coefficient (Wildman–Crippen LogP) is 1.98. The minimum Gasteiger partial charge on any atom is -0.349 e. The fraction of sp³-hybridized carbons (Fsp3) is 0.714. The summed E-state index contributed by atoms with van der Waals surface area (Å²) in [6.07, 6.45) is 7.31. The normalized spacial score (nSPS) is 15.6. The van der Waals surface area contributed by atoms with Gasteiger partial charge in [0.2, 0.25) is 0 Å². The highest BCUT2D eigenvalue weighted by Gasteiger charge is 2.17. The number of aromatic nitrogens is 2. The summed E-state index contributed by atoms with van der Waals surface area (Å²) in [5, 5.41) is 4.66. The molecule has 0 aromatic carbocycles. The fourth-order valence-electron chi connectivity index (χ4n) is 2.67. The molecule has 0 bridgehead atoms. The van der Waals surface area contributed by atoms with Crippen LogP contribution in [0.5, 0.6) is 0 Å². The second-order valence-corrected chi connectivity index (χ2v) is 5.63. The molecule has 0 amide bonds. The van der Waals surface area contributed by atoms with Crippen LogP contribution in [0.1, 0.15) is 37.4 Å². The van der Waals surface area contributed by atoms with Gasteiger partial charge >= 0.3 is 0 Å². The van der Waals surface area contributed by atoms with Gasteiger partial charge in [-0.05, 0) is 18.9 Å². The summed E-state index contributed by atoms with van der Waals surface area (Å²) < 4.78 is 2.13. The fourth-order valence-corrected chi connectivity index (χ4v) is 2.67. The van der Waals surface area contributed by atoms with Crippen molar-refractivity contribution < 1.29 is 0 Å². The first-order chi connectivity index (χ1) is 9.08. The van der Waals surface area contributed by atoms with Gasteiger partial charge in [-0.25, -0.2) is 4.99 Å². The summed E-state index contributed by atoms with van der Waals surface area (Å²) in [7, 11) is 8.04. The Hall–Kier alpha value is -1.52. The number of nitrogens with zero attached hydrogens (tertiary/aromatic N) is 5. The Balaban J connectivity index is 2.01. The van der Waals surface area contributed by atoms with E-state index in [4.69, 9.17) is 0 Å². The van der Waals surface area contributed by atoms with Crippen LogP contribution < -0.4 is 0 Å². The predicted molar refractivity (Wildman–Crippen MR) is 78.2 cm³/mol. The van der Waals surface area contributed by atoms with Crippen LogP contribution in [0.3, 0.4) is 0 Å². The van der Waals surface area contributed by atoms with Gasteiger partial charge in [-0.15, -0.1) is 0 Å². The first-order valence-electron chi connectivity index (χ1n) is 7.01. The third-order valence-electron chi connectivity index (χ3n) is 3.54. The van der Waals surface area contributed by atoms with Crippen molar-refractivity contribution in [2.24, 2.45) is 4.99 Å². The van der Waals surface area contributed by atoms with Crippen molar-refractivity contribution in [1.82, 2.24) is 19.6 Å². The molecule has 106 valence electrons. The first-order valence-corrected chi connectivity index (χ1v) is 7.01. The molecule has 1 fully saturated rings. The van der Waals surface area contributed by atoms with Crippen LogP contribution >= 0.6 is 0 Å². The van der Waals surface area contributed by atoms with E-state index in [1.165, 1.54) is 25.7 Å². The summed E-state index contributed by atoms with van der Waals surface area (Å²) >= 11 is 0. The van der Waals surface area contributed by atoms with Gasteiger partial charge in [0.1, 0.15) is 0 Å². The van der Waals surface area contributed by atoms with Crippen molar-refractivity contribution in [3.05, 3.63) is 18.0 Å². The van der Waals surface area contributed by atoms with Gasteiger partial charge < -0.3 is 9.80 Å². The third kappa shape index (κ3) is 3.49. The monoisotopic (exact) mass is 263 g/mol. The van der Waals surface area contributed by atoms with Gasteiger partial charge in [-0.1, -0.05) is 12.8 Å². The van der Waals surface area contributed by atoms with Crippen LogP contribution in [-0.2, 0) is 6.54 Å². The van der Waals surface area contributed by atoms with Gasteiger partial charge in [0.05, 0.1) is 18.3 Å². The van der Waals surface area contributed by atoms with Crippen molar-refractivity contribution in [3.8, 4) is 0 Å². The maximum atomic E-state index is 4.66. The van der Waals surface area contributed by atoms with Crippen molar-refractivity contribution in [2.45, 2.75) is 38.3 Å². The molecule has 0 aliphatic heterocycles. The smallest absolute Gasteiger partial charge is 0.195 e. The van der Waals surface area contributed by atoms with Crippen LogP contribution in [0.4, 0.5) is 0 Å². The molecule has 5 nitrogen and oxygen atoms in total. The number of hydrogen-bond donors (Lipinski definition) is 0. The van der Waals surface area contributed by atoms with E-state index in [-0.39, 0.29) is 0 Å². The highest BCUT2D eigenvalue weighted by molar-refractivity contribution is 5.79. The standard InChI is InChI=1S/C14H25N5/c1-17(2)14(18(3)4)15-11-12-9-10-19(16-12)13-7-5-6-8-13/h9-10,13H,5-8,11H2,1-4H3. The highest BCUT2D eigenvalue weighted by atomic mass is 15.3. The molecule has 1 aliphatic rings. The quantitative estimate of drug-likeness (QED) is 0.618. The Bertz CT molecular complexity index is 417. The molecule has 1 aromatic heterocycles. The van der Waals surface area contributed by atoms with Crippen molar-refractivity contribution in [3.63, 3.8) is 0 Å². The zero-order valence-electron chi connectivity index (χ0n) is 12.5. The number of rotatable bonds is 3. The van der Waals surface area contributed by atoms with Gasteiger partial charge in [0.25, 0.3) is 0 Å². The maximum absolute atomic E-state index is 4.66. The number of guanidine groups is 1. The molecule has 19 heavy (non-hydrogen) atoms. The maximum Gasteiger partial charge on any atom is 0.195 e. The second kappa shape index (κ2) is 6.08. The Morgan fingerprint density at radius 1 is 1.26 bits per heavy atom. The molecular weight excluding hydrogens is 238 g/mol. The van der Waals surface area contributed by atoms with E-state index in [0.717, 1.165) is 11.7 Å². The van der Waals surface area contributed by atoms with E-state index in [1.54, 1.807) is 0 Å². The van der Waals surface area contributed by atoms with E-state index < -0.39 is 0 Å². The van der Waals surface area contributed by atoms with Gasteiger partial charge in [0, 0.05) is 34.4 Å². The molecule has 5 heteroatoms. The lowest BCUT2D eigenvalue weighted by atomic mass is 10.3. The van der Waals surface area contributed by atoms with E-state index >= 15 is 0 Å². The van der Waals surface area contributed by atoms with Crippen molar-refractivity contribution in [2.75, 3.05) is 28.2 Å². The Morgan fingerprint density at radius 2 is 1.89 bits per heavy atom. The minimum absolute atomic E-state index is 0.611. The topological polar surface area (TPSA) is 36.7 Å². The van der Waals surface area contributed by atoms with Gasteiger partial charge in [-0.3, -0.25) is 4.68 Å². The molecule has 0 spiro atoms. The molecule has 0 atom stereocenters. The van der Waals surface area contributed by atoms with Crippen molar-refractivity contribution in [1.29, 1.82) is 0 Å². The molecule has 0 radical (unpaired) electrons. The van der Waals surface area contributed by atoms with Crippen molar-refractivity contribution >= 4 is 5.96 Å². The Labute approximate surface area is 115 Å². The lowest BCUT2D eigenvalue weighted by Crippen LogP contribution is -2.35. The summed E-state index contributed by atoms with van der Waals surface area (Å²) in [4.78, 5) is 8.67. The number of hydrogen-bond acceptors (Lipinski definition) is 2. The highest BCUT2D eigenvalue weighted by Crippen LogP contribution is 2.28. The molecule has 0 N–H and O–H groups in total. The summed E-state index contributed by atoms with van der Waals surface area (Å²) in [6, 6.07) is 2.70. The van der Waals surface area contributed by atoms with Crippen LogP contribution in [0.2, 0.25) is 0 Å². The van der Waals surface area contributed by atoms with E-state index in [0.29, 0.717) is 12.6 Å². The first kappa shape index (κ1) is 13.9. The molecule has 2 rings (SSSR count). The zero-order chi connectivity index (χ0) is 13.8.